The van der Waals surface area contributed by atoms with Gasteiger partial charge in [0.05, 0.1) is 13.7 Å². The number of hydrogen-bond donors (Lipinski definition) is 0. The third kappa shape index (κ3) is 3.61. The van der Waals surface area contributed by atoms with Gasteiger partial charge in [-0.15, -0.1) is 0 Å². The molecule has 0 saturated carbocycles. The van der Waals surface area contributed by atoms with E-state index < -0.39 is 0 Å². The molecule has 0 aromatic heterocycles. The summed E-state index contributed by atoms with van der Waals surface area (Å²) >= 11 is 0. The second-order valence-corrected chi connectivity index (χ2v) is 4.38. The Balaban J connectivity index is 1.88. The molecule has 0 saturated heterocycles. The Morgan fingerprint density at radius 3 is 2.89 bits per heavy atom. The van der Waals surface area contributed by atoms with Crippen LogP contribution in [-0.2, 0) is 16.0 Å². The van der Waals surface area contributed by atoms with Gasteiger partial charge in [-0.25, -0.2) is 0 Å². The van der Waals surface area contributed by atoms with E-state index in [9.17, 15) is 4.79 Å². The van der Waals surface area contributed by atoms with E-state index >= 15 is 0 Å². The minimum atomic E-state index is -0.201. The van der Waals surface area contributed by atoms with E-state index in [1.54, 1.807) is 0 Å². The number of methoxy groups -OCH3 is 1. The monoisotopic (exact) mass is 265 g/mol. The highest BCUT2D eigenvalue weighted by molar-refractivity contribution is 5.71. The van der Waals surface area contributed by atoms with Crippen LogP contribution in [-0.4, -0.2) is 44.4 Å². The summed E-state index contributed by atoms with van der Waals surface area (Å²) in [6.45, 7) is 4.28. The van der Waals surface area contributed by atoms with Gasteiger partial charge < -0.3 is 14.2 Å². The van der Waals surface area contributed by atoms with Gasteiger partial charge in [-0.3, -0.25) is 9.69 Å². The first kappa shape index (κ1) is 13.7. The van der Waals surface area contributed by atoms with Crippen LogP contribution in [0.15, 0.2) is 18.2 Å². The number of rotatable bonds is 6. The number of fused-ring (bicyclic) bond motifs is 1. The average molecular weight is 265 g/mol. The Kier molecular flexibility index (Phi) is 4.63. The summed E-state index contributed by atoms with van der Waals surface area (Å²) in [7, 11) is 1.41. The van der Waals surface area contributed by atoms with Crippen LogP contribution in [0, 0.1) is 0 Å². The van der Waals surface area contributed by atoms with E-state index in [2.05, 4.69) is 9.64 Å². The smallest absolute Gasteiger partial charge is 0.319 e. The van der Waals surface area contributed by atoms with Gasteiger partial charge in [-0.2, -0.15) is 0 Å². The van der Waals surface area contributed by atoms with Crippen molar-refractivity contribution in [2.45, 2.75) is 13.3 Å². The molecular weight excluding hydrogens is 246 g/mol. The maximum absolute atomic E-state index is 11.2. The summed E-state index contributed by atoms with van der Waals surface area (Å²) in [5.74, 6) is 1.40. The standard InChI is InChI=1S/C14H19NO4/c1-3-15(9-14(16)17-2)7-6-11-4-5-12-13(8-11)19-10-18-12/h4-5,8H,3,6-7,9-10H2,1-2H3. The van der Waals surface area contributed by atoms with E-state index in [0.29, 0.717) is 13.3 Å². The third-order valence-corrected chi connectivity index (χ3v) is 3.18. The molecule has 0 amide bonds. The summed E-state index contributed by atoms with van der Waals surface area (Å²) < 4.78 is 15.3. The van der Waals surface area contributed by atoms with Gasteiger partial charge in [0, 0.05) is 6.54 Å². The number of ether oxygens (including phenoxy) is 3. The molecule has 5 nitrogen and oxygen atoms in total. The van der Waals surface area contributed by atoms with E-state index in [4.69, 9.17) is 9.47 Å². The van der Waals surface area contributed by atoms with Crippen molar-refractivity contribution in [3.63, 3.8) is 0 Å². The van der Waals surface area contributed by atoms with Crippen molar-refractivity contribution in [2.75, 3.05) is 33.5 Å². The molecule has 0 fully saturated rings. The van der Waals surface area contributed by atoms with Crippen molar-refractivity contribution >= 4 is 5.97 Å². The first-order chi connectivity index (χ1) is 9.22. The summed E-state index contributed by atoms with van der Waals surface area (Å²) in [6, 6.07) is 5.95. The molecule has 1 aliphatic rings. The van der Waals surface area contributed by atoms with Gasteiger partial charge in [0.25, 0.3) is 0 Å². The molecule has 0 spiro atoms. The largest absolute Gasteiger partial charge is 0.468 e. The number of hydrogen-bond acceptors (Lipinski definition) is 5. The third-order valence-electron chi connectivity index (χ3n) is 3.18. The van der Waals surface area contributed by atoms with Crippen LogP contribution in [0.5, 0.6) is 11.5 Å². The highest BCUT2D eigenvalue weighted by atomic mass is 16.7. The Hall–Kier alpha value is -1.75. The quantitative estimate of drug-likeness (QED) is 0.729. The lowest BCUT2D eigenvalue weighted by Gasteiger charge is -2.18. The van der Waals surface area contributed by atoms with E-state index in [1.165, 1.54) is 12.7 Å². The van der Waals surface area contributed by atoms with Gasteiger partial charge in [0.1, 0.15) is 0 Å². The molecule has 2 rings (SSSR count). The summed E-state index contributed by atoms with van der Waals surface area (Å²) in [5, 5.41) is 0. The molecule has 5 heteroatoms. The molecule has 0 N–H and O–H groups in total. The fraction of sp³-hybridized carbons (Fsp3) is 0.500. The highest BCUT2D eigenvalue weighted by Crippen LogP contribution is 2.32. The predicted molar refractivity (Wildman–Crippen MR) is 70.4 cm³/mol. The van der Waals surface area contributed by atoms with Gasteiger partial charge in [0.2, 0.25) is 6.79 Å². The van der Waals surface area contributed by atoms with Crippen molar-refractivity contribution in [2.24, 2.45) is 0 Å². The maximum Gasteiger partial charge on any atom is 0.319 e. The van der Waals surface area contributed by atoms with Crippen molar-refractivity contribution in [3.8, 4) is 11.5 Å². The highest BCUT2D eigenvalue weighted by Gasteiger charge is 2.14. The summed E-state index contributed by atoms with van der Waals surface area (Å²) in [4.78, 5) is 13.3. The second kappa shape index (κ2) is 6.43. The van der Waals surface area contributed by atoms with E-state index in [-0.39, 0.29) is 5.97 Å². The molecule has 0 radical (unpaired) electrons. The van der Waals surface area contributed by atoms with Crippen molar-refractivity contribution in [1.29, 1.82) is 0 Å². The van der Waals surface area contributed by atoms with Crippen LogP contribution < -0.4 is 9.47 Å². The zero-order valence-electron chi connectivity index (χ0n) is 11.3. The Bertz CT molecular complexity index is 447. The molecule has 1 aromatic rings. The summed E-state index contributed by atoms with van der Waals surface area (Å²) in [6.07, 6.45) is 0.863. The number of carbonyl (C=O) groups excluding carboxylic acids is 1. The van der Waals surface area contributed by atoms with Crippen molar-refractivity contribution in [3.05, 3.63) is 23.8 Å². The minimum Gasteiger partial charge on any atom is -0.468 e. The van der Waals surface area contributed by atoms with Crippen LogP contribution in [0.3, 0.4) is 0 Å². The molecule has 0 bridgehead atoms. The molecule has 1 heterocycles. The molecule has 0 atom stereocenters. The maximum atomic E-state index is 11.2. The molecule has 0 unspecified atom stereocenters. The van der Waals surface area contributed by atoms with Crippen LogP contribution in [0.1, 0.15) is 12.5 Å². The Labute approximate surface area is 113 Å². The van der Waals surface area contributed by atoms with Gasteiger partial charge in [-0.1, -0.05) is 13.0 Å². The van der Waals surface area contributed by atoms with Gasteiger partial charge in [0.15, 0.2) is 11.5 Å². The fourth-order valence-electron chi connectivity index (χ4n) is 1.98. The molecule has 1 aromatic carbocycles. The summed E-state index contributed by atoms with van der Waals surface area (Å²) in [5.41, 5.74) is 1.17. The van der Waals surface area contributed by atoms with Crippen molar-refractivity contribution in [1.82, 2.24) is 4.90 Å². The number of benzene rings is 1. The average Bonchev–Trinajstić information content (AvgIpc) is 2.90. The Morgan fingerprint density at radius 1 is 1.37 bits per heavy atom. The van der Waals surface area contributed by atoms with Crippen molar-refractivity contribution < 1.29 is 19.0 Å². The normalized spacial score (nSPS) is 12.8. The molecular formula is C14H19NO4. The Morgan fingerprint density at radius 2 is 2.16 bits per heavy atom. The molecule has 19 heavy (non-hydrogen) atoms. The minimum absolute atomic E-state index is 0.201. The van der Waals surface area contributed by atoms with Crippen LogP contribution in [0.4, 0.5) is 0 Å². The topological polar surface area (TPSA) is 48.0 Å². The number of esters is 1. The van der Waals surface area contributed by atoms with E-state index in [0.717, 1.165) is 31.0 Å². The first-order valence-corrected chi connectivity index (χ1v) is 6.40. The fourth-order valence-corrected chi connectivity index (χ4v) is 1.98. The number of carbonyl (C=O) groups is 1. The predicted octanol–water partition coefficient (Wildman–Crippen LogP) is 1.45. The van der Waals surface area contributed by atoms with Crippen LogP contribution in [0.25, 0.3) is 0 Å². The first-order valence-electron chi connectivity index (χ1n) is 6.40. The molecule has 0 aliphatic carbocycles. The van der Waals surface area contributed by atoms with Crippen LogP contribution in [0.2, 0.25) is 0 Å². The molecule has 104 valence electrons. The van der Waals surface area contributed by atoms with E-state index in [1.807, 2.05) is 25.1 Å². The number of nitrogens with zero attached hydrogens (tertiary/aromatic N) is 1. The molecule has 1 aliphatic heterocycles. The second-order valence-electron chi connectivity index (χ2n) is 4.38. The lowest BCUT2D eigenvalue weighted by Crippen LogP contribution is -2.32. The van der Waals surface area contributed by atoms with Gasteiger partial charge in [-0.05, 0) is 30.7 Å². The zero-order valence-corrected chi connectivity index (χ0v) is 11.3. The lowest BCUT2D eigenvalue weighted by molar-refractivity contribution is -0.141. The SMILES string of the molecule is CCN(CCc1ccc2c(c1)OCO2)CC(=O)OC. The van der Waals surface area contributed by atoms with Crippen LogP contribution >= 0.6 is 0 Å². The number of likely N-dealkylation sites (N-methyl/N-ethyl adjacent to an activating group) is 1. The van der Waals surface area contributed by atoms with Gasteiger partial charge >= 0.3 is 5.97 Å². The zero-order chi connectivity index (χ0) is 13.7. The lowest BCUT2D eigenvalue weighted by atomic mass is 10.1.